The first-order valence-corrected chi connectivity index (χ1v) is 9.72. The molecule has 1 saturated heterocycles. The number of anilines is 2. The first-order valence-electron chi connectivity index (χ1n) is 9.72. The minimum Gasteiger partial charge on any atom is -0.370 e. The molecule has 148 valence electrons. The van der Waals surface area contributed by atoms with Gasteiger partial charge >= 0.3 is 0 Å². The molecule has 3 N–H and O–H groups in total. The third-order valence-electron chi connectivity index (χ3n) is 5.09. The average Bonchev–Trinajstić information content (AvgIpc) is 3.25. The van der Waals surface area contributed by atoms with E-state index in [4.69, 9.17) is 5.73 Å². The van der Waals surface area contributed by atoms with Crippen LogP contribution in [0.15, 0.2) is 60.9 Å². The summed E-state index contributed by atoms with van der Waals surface area (Å²) < 4.78 is 1.65. The van der Waals surface area contributed by atoms with Crippen molar-refractivity contribution >= 4 is 23.2 Å². The fraction of sp³-hybridized carbons (Fsp3) is 0.227. The molecule has 0 aliphatic carbocycles. The summed E-state index contributed by atoms with van der Waals surface area (Å²) in [5, 5.41) is 7.22. The number of nitrogens with zero attached hydrogens (tertiary/aromatic N) is 3. The smallest absolute Gasteiger partial charge is 0.258 e. The van der Waals surface area contributed by atoms with Crippen LogP contribution in [0.1, 0.15) is 40.0 Å². The molecule has 0 atom stereocenters. The van der Waals surface area contributed by atoms with Crippen LogP contribution in [0.3, 0.4) is 0 Å². The second kappa shape index (κ2) is 8.18. The molecule has 0 radical (unpaired) electrons. The zero-order valence-electron chi connectivity index (χ0n) is 16.0. The second-order valence-electron chi connectivity index (χ2n) is 7.11. The van der Waals surface area contributed by atoms with E-state index in [1.54, 1.807) is 23.0 Å². The minimum atomic E-state index is -0.525. The molecule has 0 saturated carbocycles. The van der Waals surface area contributed by atoms with Crippen molar-refractivity contribution in [1.29, 1.82) is 0 Å². The molecule has 3 aromatic rings. The summed E-state index contributed by atoms with van der Waals surface area (Å²) in [6.45, 7) is 1.84. The highest BCUT2D eigenvalue weighted by molar-refractivity contribution is 6.06. The first kappa shape index (κ1) is 18.7. The molecule has 1 aliphatic rings. The number of nitrogens with one attached hydrogen (secondary N) is 1. The number of hydrogen-bond acceptors (Lipinski definition) is 4. The third kappa shape index (κ3) is 4.13. The average molecular weight is 389 g/mol. The van der Waals surface area contributed by atoms with Crippen molar-refractivity contribution in [2.24, 2.45) is 5.73 Å². The highest BCUT2D eigenvalue weighted by Gasteiger charge is 2.19. The Bertz CT molecular complexity index is 1020. The van der Waals surface area contributed by atoms with Gasteiger partial charge in [0, 0.05) is 24.8 Å². The summed E-state index contributed by atoms with van der Waals surface area (Å²) in [7, 11) is 0. The van der Waals surface area contributed by atoms with Crippen LogP contribution in [0.4, 0.5) is 11.4 Å². The zero-order valence-corrected chi connectivity index (χ0v) is 16.0. The van der Waals surface area contributed by atoms with Gasteiger partial charge in [-0.3, -0.25) is 9.59 Å². The summed E-state index contributed by atoms with van der Waals surface area (Å²) in [6, 6.07) is 14.8. The Kier molecular flexibility index (Phi) is 5.29. The number of hydrogen-bond donors (Lipinski definition) is 2. The molecule has 1 fully saturated rings. The largest absolute Gasteiger partial charge is 0.370 e. The monoisotopic (exact) mass is 389 g/mol. The number of benzene rings is 2. The Hall–Kier alpha value is -3.61. The van der Waals surface area contributed by atoms with Gasteiger partial charge in [-0.15, -0.1) is 0 Å². The molecule has 7 nitrogen and oxygen atoms in total. The predicted octanol–water partition coefficient (Wildman–Crippen LogP) is 3.21. The number of para-hydroxylation sites is 1. The van der Waals surface area contributed by atoms with Crippen LogP contribution < -0.4 is 16.0 Å². The summed E-state index contributed by atoms with van der Waals surface area (Å²) >= 11 is 0. The Morgan fingerprint density at radius 2 is 1.72 bits per heavy atom. The van der Waals surface area contributed by atoms with E-state index >= 15 is 0 Å². The zero-order chi connectivity index (χ0) is 20.2. The maximum Gasteiger partial charge on any atom is 0.258 e. The van der Waals surface area contributed by atoms with Gasteiger partial charge in [0.15, 0.2) is 0 Å². The van der Waals surface area contributed by atoms with Crippen molar-refractivity contribution in [1.82, 2.24) is 9.78 Å². The van der Waals surface area contributed by atoms with Crippen molar-refractivity contribution in [3.05, 3.63) is 72.1 Å². The van der Waals surface area contributed by atoms with Crippen LogP contribution in [0, 0.1) is 0 Å². The molecule has 7 heteroatoms. The number of carbonyl (C=O) groups is 2. The van der Waals surface area contributed by atoms with Crippen LogP contribution in [0.25, 0.3) is 5.69 Å². The fourth-order valence-corrected chi connectivity index (χ4v) is 3.56. The first-order chi connectivity index (χ1) is 14.1. The summed E-state index contributed by atoms with van der Waals surface area (Å²) in [5.74, 6) is -0.811. The molecule has 1 aliphatic heterocycles. The van der Waals surface area contributed by atoms with Crippen LogP contribution in [-0.2, 0) is 0 Å². The number of amides is 2. The van der Waals surface area contributed by atoms with E-state index in [0.717, 1.165) is 37.3 Å². The molecule has 4 rings (SSSR count). The van der Waals surface area contributed by atoms with Crippen LogP contribution in [0.2, 0.25) is 0 Å². The van der Waals surface area contributed by atoms with E-state index in [0.29, 0.717) is 16.8 Å². The Balaban J connectivity index is 1.60. The number of aromatic nitrogens is 2. The lowest BCUT2D eigenvalue weighted by molar-refractivity contribution is 0.0996. The number of primary amides is 1. The number of nitrogens with two attached hydrogens (primary N) is 1. The Morgan fingerprint density at radius 3 is 2.45 bits per heavy atom. The minimum absolute atomic E-state index is 0.285. The maximum absolute atomic E-state index is 12.9. The van der Waals surface area contributed by atoms with E-state index in [1.165, 1.54) is 12.6 Å². The molecule has 0 bridgehead atoms. The van der Waals surface area contributed by atoms with Crippen LogP contribution >= 0.6 is 0 Å². The van der Waals surface area contributed by atoms with Gasteiger partial charge < -0.3 is 16.0 Å². The lowest BCUT2D eigenvalue weighted by Crippen LogP contribution is -2.30. The van der Waals surface area contributed by atoms with Gasteiger partial charge in [-0.25, -0.2) is 4.68 Å². The Labute approximate surface area is 169 Å². The molecular weight excluding hydrogens is 366 g/mol. The van der Waals surface area contributed by atoms with Crippen LogP contribution in [0.5, 0.6) is 0 Å². The van der Waals surface area contributed by atoms with E-state index in [2.05, 4.69) is 15.3 Å². The molecule has 2 amide bonds. The van der Waals surface area contributed by atoms with Gasteiger partial charge in [0.1, 0.15) is 0 Å². The summed E-state index contributed by atoms with van der Waals surface area (Å²) in [5.41, 5.74) is 8.59. The van der Waals surface area contributed by atoms with Crippen LogP contribution in [-0.4, -0.2) is 34.7 Å². The van der Waals surface area contributed by atoms with Crippen molar-refractivity contribution in [3.8, 4) is 5.69 Å². The fourth-order valence-electron chi connectivity index (χ4n) is 3.56. The standard InChI is InChI=1S/C22H23N5O2/c23-21(28)16-9-10-20(26-11-5-2-6-12-26)19(13-16)25-22(29)17-14-24-27(15-17)18-7-3-1-4-8-18/h1,3-4,7-10,13-15H,2,5-6,11-12H2,(H2,23,28)(H,25,29). The molecule has 0 spiro atoms. The lowest BCUT2D eigenvalue weighted by atomic mass is 10.1. The topological polar surface area (TPSA) is 93.2 Å². The maximum atomic E-state index is 12.9. The van der Waals surface area contributed by atoms with Gasteiger partial charge in [-0.1, -0.05) is 18.2 Å². The van der Waals surface area contributed by atoms with Crippen molar-refractivity contribution in [2.45, 2.75) is 19.3 Å². The Morgan fingerprint density at radius 1 is 0.966 bits per heavy atom. The number of rotatable bonds is 5. The third-order valence-corrected chi connectivity index (χ3v) is 5.09. The van der Waals surface area contributed by atoms with Gasteiger partial charge in [-0.2, -0.15) is 5.10 Å². The van der Waals surface area contributed by atoms with Crippen molar-refractivity contribution in [2.75, 3.05) is 23.3 Å². The van der Waals surface area contributed by atoms with Crippen molar-refractivity contribution < 1.29 is 9.59 Å². The highest BCUT2D eigenvalue weighted by Crippen LogP contribution is 2.30. The quantitative estimate of drug-likeness (QED) is 0.701. The van der Waals surface area contributed by atoms with Gasteiger partial charge in [-0.05, 0) is 49.6 Å². The summed E-state index contributed by atoms with van der Waals surface area (Å²) in [4.78, 5) is 26.7. The summed E-state index contributed by atoms with van der Waals surface area (Å²) in [6.07, 6.45) is 6.63. The predicted molar refractivity (Wildman–Crippen MR) is 113 cm³/mol. The van der Waals surface area contributed by atoms with E-state index in [-0.39, 0.29) is 5.91 Å². The SMILES string of the molecule is NC(=O)c1ccc(N2CCCCC2)c(NC(=O)c2cnn(-c3ccccc3)c2)c1. The molecule has 2 aromatic carbocycles. The second-order valence-corrected chi connectivity index (χ2v) is 7.11. The number of carbonyl (C=O) groups excluding carboxylic acids is 2. The highest BCUT2D eigenvalue weighted by atomic mass is 16.2. The van der Waals surface area contributed by atoms with Gasteiger partial charge in [0.2, 0.25) is 5.91 Å². The van der Waals surface area contributed by atoms with Gasteiger partial charge in [0.05, 0.1) is 28.8 Å². The van der Waals surface area contributed by atoms with E-state index < -0.39 is 5.91 Å². The van der Waals surface area contributed by atoms with E-state index in [9.17, 15) is 9.59 Å². The molecule has 2 heterocycles. The van der Waals surface area contributed by atoms with Gasteiger partial charge in [0.25, 0.3) is 5.91 Å². The van der Waals surface area contributed by atoms with E-state index in [1.807, 2.05) is 36.4 Å². The lowest BCUT2D eigenvalue weighted by Gasteiger charge is -2.30. The molecule has 29 heavy (non-hydrogen) atoms. The molecule has 1 aromatic heterocycles. The molecular formula is C22H23N5O2. The molecule has 0 unspecified atom stereocenters. The van der Waals surface area contributed by atoms with Crippen molar-refractivity contribution in [3.63, 3.8) is 0 Å². The number of piperidine rings is 1. The normalized spacial score (nSPS) is 13.9.